The molecule has 0 unspecified atom stereocenters. The first-order valence-electron chi connectivity index (χ1n) is 7.22. The topological polar surface area (TPSA) is 44.5 Å². The molecule has 112 valence electrons. The molecule has 0 fully saturated rings. The van der Waals surface area contributed by atoms with Crippen molar-refractivity contribution in [3.8, 4) is 11.5 Å². The van der Waals surface area contributed by atoms with Crippen LogP contribution in [0.2, 0.25) is 0 Å². The molecule has 0 bridgehead atoms. The van der Waals surface area contributed by atoms with Gasteiger partial charge in [-0.3, -0.25) is 0 Å². The average molecular weight is 285 g/mol. The highest BCUT2D eigenvalue weighted by molar-refractivity contribution is 5.37. The van der Waals surface area contributed by atoms with Crippen molar-refractivity contribution in [3.63, 3.8) is 0 Å². The van der Waals surface area contributed by atoms with Gasteiger partial charge in [-0.2, -0.15) is 0 Å². The van der Waals surface area contributed by atoms with Gasteiger partial charge in [-0.05, 0) is 41.3 Å². The third-order valence-corrected chi connectivity index (χ3v) is 3.52. The van der Waals surface area contributed by atoms with Gasteiger partial charge in [0.05, 0.1) is 7.11 Å². The molecule has 0 aromatic heterocycles. The van der Waals surface area contributed by atoms with E-state index in [2.05, 4.69) is 26.0 Å². The average Bonchev–Trinajstić information content (AvgIpc) is 2.52. The van der Waals surface area contributed by atoms with Crippen LogP contribution in [0.3, 0.4) is 0 Å². The fraction of sp³-hybridized carbons (Fsp3) is 0.333. The van der Waals surface area contributed by atoms with E-state index in [1.807, 2.05) is 30.3 Å². The van der Waals surface area contributed by atoms with Gasteiger partial charge in [-0.25, -0.2) is 0 Å². The number of ether oxygens (including phenoxy) is 2. The molecular weight excluding hydrogens is 262 g/mol. The summed E-state index contributed by atoms with van der Waals surface area (Å²) in [6, 6.07) is 14.2. The standard InChI is InChI=1S/C18H23NO2/c1-13(2)15-5-7-17(8-6-15)21-12-14-4-9-18(20-3)16(10-14)11-19/h4-10,13H,11-12,19H2,1-3H3. The van der Waals surface area contributed by atoms with Crippen LogP contribution in [0.25, 0.3) is 0 Å². The van der Waals surface area contributed by atoms with Gasteiger partial charge in [0, 0.05) is 12.1 Å². The summed E-state index contributed by atoms with van der Waals surface area (Å²) in [7, 11) is 1.65. The van der Waals surface area contributed by atoms with Crippen molar-refractivity contribution in [2.24, 2.45) is 5.73 Å². The fourth-order valence-electron chi connectivity index (χ4n) is 2.20. The Morgan fingerprint density at radius 3 is 2.33 bits per heavy atom. The quantitative estimate of drug-likeness (QED) is 0.876. The molecule has 0 saturated carbocycles. The van der Waals surface area contributed by atoms with E-state index >= 15 is 0 Å². The highest BCUT2D eigenvalue weighted by Gasteiger charge is 2.04. The highest BCUT2D eigenvalue weighted by atomic mass is 16.5. The van der Waals surface area contributed by atoms with Crippen LogP contribution in [0.4, 0.5) is 0 Å². The van der Waals surface area contributed by atoms with Gasteiger partial charge in [0.1, 0.15) is 18.1 Å². The zero-order valence-electron chi connectivity index (χ0n) is 12.9. The minimum Gasteiger partial charge on any atom is -0.496 e. The van der Waals surface area contributed by atoms with Gasteiger partial charge in [0.2, 0.25) is 0 Å². The molecule has 2 rings (SSSR count). The summed E-state index contributed by atoms with van der Waals surface area (Å²) in [5, 5.41) is 0. The second kappa shape index (κ2) is 7.14. The van der Waals surface area contributed by atoms with E-state index in [9.17, 15) is 0 Å². The maximum absolute atomic E-state index is 5.82. The van der Waals surface area contributed by atoms with Crippen LogP contribution in [0, 0.1) is 0 Å². The van der Waals surface area contributed by atoms with E-state index < -0.39 is 0 Å². The van der Waals surface area contributed by atoms with E-state index in [0.29, 0.717) is 19.1 Å². The lowest BCUT2D eigenvalue weighted by Crippen LogP contribution is -2.02. The van der Waals surface area contributed by atoms with Crippen molar-refractivity contribution >= 4 is 0 Å². The number of methoxy groups -OCH3 is 1. The Bertz CT molecular complexity index is 576. The molecule has 0 atom stereocenters. The fourth-order valence-corrected chi connectivity index (χ4v) is 2.20. The molecule has 0 heterocycles. The number of nitrogens with two attached hydrogens (primary N) is 1. The lowest BCUT2D eigenvalue weighted by molar-refractivity contribution is 0.305. The summed E-state index contributed by atoms with van der Waals surface area (Å²) in [6.07, 6.45) is 0. The van der Waals surface area contributed by atoms with Crippen LogP contribution in [-0.2, 0) is 13.2 Å². The van der Waals surface area contributed by atoms with Gasteiger partial charge >= 0.3 is 0 Å². The number of benzene rings is 2. The van der Waals surface area contributed by atoms with E-state index in [4.69, 9.17) is 15.2 Å². The van der Waals surface area contributed by atoms with Crippen LogP contribution in [-0.4, -0.2) is 7.11 Å². The summed E-state index contributed by atoms with van der Waals surface area (Å²) in [5.74, 6) is 2.24. The predicted molar refractivity (Wildman–Crippen MR) is 85.7 cm³/mol. The molecule has 0 spiro atoms. The van der Waals surface area contributed by atoms with Gasteiger partial charge in [0.25, 0.3) is 0 Å². The van der Waals surface area contributed by atoms with Crippen molar-refractivity contribution in [2.45, 2.75) is 32.9 Å². The molecule has 0 aliphatic heterocycles. The molecule has 3 heteroatoms. The minimum absolute atomic E-state index is 0.458. The molecule has 2 N–H and O–H groups in total. The monoisotopic (exact) mass is 285 g/mol. The van der Waals surface area contributed by atoms with Crippen LogP contribution in [0.5, 0.6) is 11.5 Å². The minimum atomic E-state index is 0.458. The van der Waals surface area contributed by atoms with E-state index in [-0.39, 0.29) is 0 Å². The van der Waals surface area contributed by atoms with E-state index in [1.165, 1.54) is 5.56 Å². The van der Waals surface area contributed by atoms with Crippen molar-refractivity contribution in [2.75, 3.05) is 7.11 Å². The molecule has 0 aliphatic carbocycles. The van der Waals surface area contributed by atoms with Crippen LogP contribution >= 0.6 is 0 Å². The number of rotatable bonds is 6. The third-order valence-electron chi connectivity index (χ3n) is 3.52. The van der Waals surface area contributed by atoms with E-state index in [0.717, 1.165) is 22.6 Å². The number of hydrogen-bond donors (Lipinski definition) is 1. The smallest absolute Gasteiger partial charge is 0.123 e. The lowest BCUT2D eigenvalue weighted by Gasteiger charge is -2.11. The maximum atomic E-state index is 5.82. The molecule has 0 aliphatic rings. The molecule has 3 nitrogen and oxygen atoms in total. The summed E-state index contributed by atoms with van der Waals surface area (Å²) in [5.41, 5.74) is 9.12. The maximum Gasteiger partial charge on any atom is 0.123 e. The second-order valence-electron chi connectivity index (χ2n) is 5.36. The highest BCUT2D eigenvalue weighted by Crippen LogP contribution is 2.22. The van der Waals surface area contributed by atoms with Crippen LogP contribution in [0.1, 0.15) is 36.5 Å². The van der Waals surface area contributed by atoms with Gasteiger partial charge < -0.3 is 15.2 Å². The molecule has 0 saturated heterocycles. The Kier molecular flexibility index (Phi) is 5.23. The predicted octanol–water partition coefficient (Wildman–Crippen LogP) is 3.86. The van der Waals surface area contributed by atoms with Crippen molar-refractivity contribution in [1.29, 1.82) is 0 Å². The molecule has 0 radical (unpaired) electrons. The van der Waals surface area contributed by atoms with Crippen molar-refractivity contribution in [1.82, 2.24) is 0 Å². The molecule has 21 heavy (non-hydrogen) atoms. The summed E-state index contributed by atoms with van der Waals surface area (Å²) in [6.45, 7) is 5.35. The summed E-state index contributed by atoms with van der Waals surface area (Å²) < 4.78 is 11.1. The normalized spacial score (nSPS) is 10.7. The zero-order chi connectivity index (χ0) is 15.2. The summed E-state index contributed by atoms with van der Waals surface area (Å²) in [4.78, 5) is 0. The molecule has 0 amide bonds. The Hall–Kier alpha value is -2.00. The van der Waals surface area contributed by atoms with E-state index in [1.54, 1.807) is 7.11 Å². The molecular formula is C18H23NO2. The Balaban J connectivity index is 2.02. The van der Waals surface area contributed by atoms with Crippen LogP contribution < -0.4 is 15.2 Å². The number of hydrogen-bond acceptors (Lipinski definition) is 3. The van der Waals surface area contributed by atoms with Crippen LogP contribution in [0.15, 0.2) is 42.5 Å². The first-order valence-corrected chi connectivity index (χ1v) is 7.22. The second-order valence-corrected chi connectivity index (χ2v) is 5.36. The zero-order valence-corrected chi connectivity index (χ0v) is 12.9. The largest absolute Gasteiger partial charge is 0.496 e. The summed E-state index contributed by atoms with van der Waals surface area (Å²) >= 11 is 0. The SMILES string of the molecule is COc1ccc(COc2ccc(C(C)C)cc2)cc1CN. The molecule has 2 aromatic rings. The Labute approximate surface area is 126 Å². The first kappa shape index (κ1) is 15.4. The lowest BCUT2D eigenvalue weighted by atomic mass is 10.0. The van der Waals surface area contributed by atoms with Gasteiger partial charge in [-0.15, -0.1) is 0 Å². The van der Waals surface area contributed by atoms with Crippen molar-refractivity contribution < 1.29 is 9.47 Å². The van der Waals surface area contributed by atoms with Gasteiger partial charge in [0.15, 0.2) is 0 Å². The van der Waals surface area contributed by atoms with Crippen molar-refractivity contribution in [3.05, 3.63) is 59.2 Å². The first-order chi connectivity index (χ1) is 10.1. The Morgan fingerprint density at radius 1 is 1.05 bits per heavy atom. The third kappa shape index (κ3) is 3.99. The Morgan fingerprint density at radius 2 is 1.76 bits per heavy atom. The van der Waals surface area contributed by atoms with Gasteiger partial charge in [-0.1, -0.05) is 32.0 Å². The molecule has 2 aromatic carbocycles.